The Bertz CT molecular complexity index is 772. The maximum Gasteiger partial charge on any atom is 0.363 e. The maximum atomic E-state index is 11.9. The van der Waals surface area contributed by atoms with Crippen molar-refractivity contribution in [3.63, 3.8) is 0 Å². The van der Waals surface area contributed by atoms with Gasteiger partial charge in [-0.05, 0) is 60.0 Å². The number of nitrogens with zero attached hydrogens (tertiary/aromatic N) is 1. The molecule has 0 bridgehead atoms. The molecule has 2 aliphatic rings. The second kappa shape index (κ2) is 4.97. The van der Waals surface area contributed by atoms with Gasteiger partial charge in [-0.3, -0.25) is 0 Å². The summed E-state index contributed by atoms with van der Waals surface area (Å²) in [6, 6.07) is 10.1. The third kappa shape index (κ3) is 2.32. The van der Waals surface area contributed by atoms with Gasteiger partial charge in [0.2, 0.25) is 5.90 Å². The Morgan fingerprint density at radius 2 is 2.10 bits per heavy atom. The van der Waals surface area contributed by atoms with Crippen LogP contribution in [0.5, 0.6) is 0 Å². The minimum absolute atomic E-state index is 0.368. The van der Waals surface area contributed by atoms with E-state index >= 15 is 0 Å². The molecular weight excluding hydrogens is 282 g/mol. The molecule has 2 heterocycles. The van der Waals surface area contributed by atoms with Gasteiger partial charge in [0.25, 0.3) is 0 Å². The Hall–Kier alpha value is -2.20. The Balaban J connectivity index is 1.68. The molecule has 2 aromatic rings. The monoisotopic (exact) mass is 295 g/mol. The smallest absolute Gasteiger partial charge is 0.363 e. The summed E-state index contributed by atoms with van der Waals surface area (Å²) in [5.74, 6) is 0.0383. The summed E-state index contributed by atoms with van der Waals surface area (Å²) in [5, 5.41) is 1.97. The van der Waals surface area contributed by atoms with Crippen molar-refractivity contribution < 1.29 is 9.53 Å². The normalized spacial score (nSPS) is 18.8. The van der Waals surface area contributed by atoms with Gasteiger partial charge in [0.15, 0.2) is 5.70 Å². The molecule has 1 aromatic heterocycles. The molecule has 1 aliphatic carbocycles. The van der Waals surface area contributed by atoms with E-state index in [-0.39, 0.29) is 5.97 Å². The van der Waals surface area contributed by atoms with Crippen molar-refractivity contribution in [3.05, 3.63) is 63.0 Å². The Kier molecular flexibility index (Phi) is 2.97. The average Bonchev–Trinajstić information content (AvgIpc) is 3.20. The molecule has 0 fully saturated rings. The van der Waals surface area contributed by atoms with Crippen LogP contribution in [0.15, 0.2) is 46.4 Å². The van der Waals surface area contributed by atoms with Gasteiger partial charge in [0, 0.05) is 10.4 Å². The molecule has 4 heteroatoms. The van der Waals surface area contributed by atoms with Crippen LogP contribution in [-0.4, -0.2) is 11.9 Å². The molecule has 0 unspecified atom stereocenters. The highest BCUT2D eigenvalue weighted by Gasteiger charge is 2.25. The van der Waals surface area contributed by atoms with Crippen molar-refractivity contribution in [1.29, 1.82) is 0 Å². The maximum absolute atomic E-state index is 11.9. The van der Waals surface area contributed by atoms with Gasteiger partial charge >= 0.3 is 5.97 Å². The number of carbonyl (C=O) groups is 1. The highest BCUT2D eigenvalue weighted by atomic mass is 32.1. The van der Waals surface area contributed by atoms with E-state index in [1.165, 1.54) is 17.5 Å². The third-order valence-electron chi connectivity index (χ3n) is 3.79. The van der Waals surface area contributed by atoms with Crippen molar-refractivity contribution in [2.24, 2.45) is 4.99 Å². The number of cyclic esters (lactones) is 1. The number of esters is 1. The first-order valence-corrected chi connectivity index (χ1v) is 7.86. The summed E-state index contributed by atoms with van der Waals surface area (Å²) >= 11 is 1.57. The van der Waals surface area contributed by atoms with Crippen LogP contribution in [0, 0.1) is 0 Å². The van der Waals surface area contributed by atoms with Gasteiger partial charge < -0.3 is 4.74 Å². The summed E-state index contributed by atoms with van der Waals surface area (Å²) in [6.07, 6.45) is 5.22. The Morgan fingerprint density at radius 3 is 2.95 bits per heavy atom. The van der Waals surface area contributed by atoms with Crippen molar-refractivity contribution in [2.45, 2.75) is 19.3 Å². The topological polar surface area (TPSA) is 38.7 Å². The van der Waals surface area contributed by atoms with E-state index in [1.807, 2.05) is 23.6 Å². The number of aryl methyl sites for hydroxylation is 2. The van der Waals surface area contributed by atoms with E-state index in [9.17, 15) is 4.79 Å². The van der Waals surface area contributed by atoms with Crippen molar-refractivity contribution in [3.8, 4) is 0 Å². The van der Waals surface area contributed by atoms with Gasteiger partial charge in [-0.1, -0.05) is 12.1 Å². The SMILES string of the molecule is O=C1OC(c2ccc3c(c2)CCC3)=N/C1=C/c1cccs1. The van der Waals surface area contributed by atoms with E-state index in [0.717, 1.165) is 23.3 Å². The zero-order valence-corrected chi connectivity index (χ0v) is 12.2. The molecular formula is C17H13NO2S. The molecule has 1 aliphatic heterocycles. The van der Waals surface area contributed by atoms with E-state index in [0.29, 0.717) is 11.6 Å². The van der Waals surface area contributed by atoms with Crippen LogP contribution in [0.4, 0.5) is 0 Å². The lowest BCUT2D eigenvalue weighted by molar-refractivity contribution is -0.129. The van der Waals surface area contributed by atoms with Crippen LogP contribution >= 0.6 is 11.3 Å². The van der Waals surface area contributed by atoms with Crippen LogP contribution in [0.2, 0.25) is 0 Å². The predicted octanol–water partition coefficient (Wildman–Crippen LogP) is 3.58. The molecule has 1 aromatic carbocycles. The molecule has 0 atom stereocenters. The molecule has 4 rings (SSSR count). The number of thiophene rings is 1. The lowest BCUT2D eigenvalue weighted by Crippen LogP contribution is -2.05. The van der Waals surface area contributed by atoms with E-state index in [2.05, 4.69) is 17.1 Å². The second-order valence-corrected chi connectivity index (χ2v) is 6.17. The van der Waals surface area contributed by atoms with Crippen LogP contribution in [0.25, 0.3) is 6.08 Å². The van der Waals surface area contributed by atoms with E-state index < -0.39 is 0 Å². The molecule has 0 saturated carbocycles. The zero-order valence-electron chi connectivity index (χ0n) is 11.3. The second-order valence-electron chi connectivity index (χ2n) is 5.19. The van der Waals surface area contributed by atoms with Crippen molar-refractivity contribution in [1.82, 2.24) is 0 Å². The first kappa shape index (κ1) is 12.5. The molecule has 104 valence electrons. The minimum atomic E-state index is -0.376. The van der Waals surface area contributed by atoms with E-state index in [1.54, 1.807) is 17.4 Å². The standard InChI is InChI=1S/C17H13NO2S/c19-17-15(10-14-5-2-8-21-14)18-16(20-17)13-7-6-11-3-1-4-12(11)9-13/h2,5-10H,1,3-4H2/b15-10+. The molecule has 0 amide bonds. The largest absolute Gasteiger partial charge is 0.402 e. The Labute approximate surface area is 126 Å². The van der Waals surface area contributed by atoms with Crippen LogP contribution in [-0.2, 0) is 22.4 Å². The summed E-state index contributed by atoms with van der Waals surface area (Å²) in [7, 11) is 0. The predicted molar refractivity (Wildman–Crippen MR) is 83.4 cm³/mol. The molecule has 0 N–H and O–H groups in total. The number of hydrogen-bond donors (Lipinski definition) is 0. The molecule has 0 saturated heterocycles. The zero-order chi connectivity index (χ0) is 14.2. The number of carbonyl (C=O) groups excluding carboxylic acids is 1. The summed E-state index contributed by atoms with van der Waals surface area (Å²) in [5.41, 5.74) is 4.01. The lowest BCUT2D eigenvalue weighted by atomic mass is 10.1. The minimum Gasteiger partial charge on any atom is -0.402 e. The quantitative estimate of drug-likeness (QED) is 0.627. The third-order valence-corrected chi connectivity index (χ3v) is 4.61. The van der Waals surface area contributed by atoms with Gasteiger partial charge in [0.05, 0.1) is 0 Å². The number of fused-ring (bicyclic) bond motifs is 1. The van der Waals surface area contributed by atoms with Crippen molar-refractivity contribution >= 4 is 29.3 Å². The van der Waals surface area contributed by atoms with Gasteiger partial charge in [0.1, 0.15) is 0 Å². The first-order valence-electron chi connectivity index (χ1n) is 6.98. The summed E-state index contributed by atoms with van der Waals surface area (Å²) < 4.78 is 5.32. The van der Waals surface area contributed by atoms with E-state index in [4.69, 9.17) is 4.74 Å². The number of hydrogen-bond acceptors (Lipinski definition) is 4. The Morgan fingerprint density at radius 1 is 1.19 bits per heavy atom. The highest BCUT2D eigenvalue weighted by molar-refractivity contribution is 7.10. The van der Waals surface area contributed by atoms with Crippen LogP contribution in [0.3, 0.4) is 0 Å². The van der Waals surface area contributed by atoms with Crippen LogP contribution < -0.4 is 0 Å². The average molecular weight is 295 g/mol. The fourth-order valence-electron chi connectivity index (χ4n) is 2.75. The molecule has 3 nitrogen and oxygen atoms in total. The van der Waals surface area contributed by atoms with Crippen LogP contribution in [0.1, 0.15) is 28.0 Å². The fourth-order valence-corrected chi connectivity index (χ4v) is 3.40. The highest BCUT2D eigenvalue weighted by Crippen LogP contribution is 2.26. The lowest BCUT2D eigenvalue weighted by Gasteiger charge is -2.03. The van der Waals surface area contributed by atoms with Gasteiger partial charge in [-0.15, -0.1) is 11.3 Å². The molecule has 0 spiro atoms. The molecule has 0 radical (unpaired) electrons. The first-order chi connectivity index (χ1) is 10.3. The number of ether oxygens (including phenoxy) is 1. The number of benzene rings is 1. The molecule has 21 heavy (non-hydrogen) atoms. The number of rotatable bonds is 2. The number of aliphatic imine (C=N–C) groups is 1. The van der Waals surface area contributed by atoms with Crippen molar-refractivity contribution in [2.75, 3.05) is 0 Å². The summed E-state index contributed by atoms with van der Waals surface area (Å²) in [4.78, 5) is 17.3. The fraction of sp³-hybridized carbons (Fsp3) is 0.176. The van der Waals surface area contributed by atoms with Gasteiger partial charge in [-0.25, -0.2) is 9.79 Å². The summed E-state index contributed by atoms with van der Waals surface area (Å²) in [6.45, 7) is 0. The van der Waals surface area contributed by atoms with Gasteiger partial charge in [-0.2, -0.15) is 0 Å².